The van der Waals surface area contributed by atoms with Crippen LogP contribution in [0.2, 0.25) is 0 Å². The highest BCUT2D eigenvalue weighted by atomic mass is 16.2. The molecule has 3 unspecified atom stereocenters. The molecule has 156 valence electrons. The normalized spacial score (nSPS) is 28.1. The van der Waals surface area contributed by atoms with E-state index in [1.807, 2.05) is 35.2 Å². The third-order valence-corrected chi connectivity index (χ3v) is 6.62. The Morgan fingerprint density at radius 1 is 1.07 bits per heavy atom. The van der Waals surface area contributed by atoms with Crippen molar-refractivity contribution in [3.63, 3.8) is 0 Å². The summed E-state index contributed by atoms with van der Waals surface area (Å²) in [6.07, 6.45) is 2.61. The summed E-state index contributed by atoms with van der Waals surface area (Å²) in [5, 5.41) is 3.02. The van der Waals surface area contributed by atoms with Crippen LogP contribution in [0.1, 0.15) is 24.8 Å². The number of nitrogens with zero attached hydrogens (tertiary/aromatic N) is 3. The van der Waals surface area contributed by atoms with Crippen LogP contribution in [0.15, 0.2) is 30.3 Å². The minimum Gasteiger partial charge on any atom is -0.340 e. The van der Waals surface area contributed by atoms with E-state index in [2.05, 4.69) is 17.3 Å². The summed E-state index contributed by atoms with van der Waals surface area (Å²) in [5.41, 5.74) is 1.11. The zero-order chi connectivity index (χ0) is 20.4. The molecule has 2 saturated heterocycles. The average molecular weight is 399 g/mol. The topological polar surface area (TPSA) is 73.0 Å². The molecule has 4 amide bonds. The highest BCUT2D eigenvalue weighted by Crippen LogP contribution is 2.34. The third-order valence-electron chi connectivity index (χ3n) is 6.62. The Kier molecular flexibility index (Phi) is 5.85. The van der Waals surface area contributed by atoms with Crippen molar-refractivity contribution in [2.45, 2.75) is 31.7 Å². The first-order valence-electron chi connectivity index (χ1n) is 10.7. The number of hydrogen-bond acceptors (Lipinski definition) is 4. The van der Waals surface area contributed by atoms with E-state index in [1.165, 1.54) is 4.90 Å². The van der Waals surface area contributed by atoms with E-state index in [0.717, 1.165) is 38.2 Å². The quantitative estimate of drug-likeness (QED) is 0.831. The molecular weight excluding hydrogens is 368 g/mol. The van der Waals surface area contributed by atoms with Crippen molar-refractivity contribution in [3.05, 3.63) is 35.9 Å². The maximum atomic E-state index is 13.0. The number of fused-ring (bicyclic) bond motifs is 1. The molecular formula is C22H30N4O3. The highest BCUT2D eigenvalue weighted by Gasteiger charge is 2.45. The minimum absolute atomic E-state index is 0.0832. The van der Waals surface area contributed by atoms with E-state index < -0.39 is 0 Å². The SMILES string of the molecule is CN1CCN(C(=O)C2CCC3C(=O)N(CCc4ccccc4)C(=O)NC3C2)CC1. The second-order valence-electron chi connectivity index (χ2n) is 8.53. The molecule has 0 spiro atoms. The fraction of sp³-hybridized carbons (Fsp3) is 0.591. The number of imide groups is 1. The standard InChI is InChI=1S/C22H30N4O3/c1-24-11-13-25(14-12-24)20(27)17-7-8-18-19(15-17)23-22(29)26(21(18)28)10-9-16-5-3-2-4-6-16/h2-6,17-19H,7-15H2,1H3,(H,23,29). The Balaban J connectivity index is 1.35. The molecule has 0 aromatic heterocycles. The first-order valence-corrected chi connectivity index (χ1v) is 10.7. The Bertz CT molecular complexity index is 761. The number of carbonyl (C=O) groups excluding carboxylic acids is 3. The average Bonchev–Trinajstić information content (AvgIpc) is 2.74. The number of hydrogen-bond donors (Lipinski definition) is 1. The number of benzene rings is 1. The Labute approximate surface area is 172 Å². The monoisotopic (exact) mass is 398 g/mol. The number of urea groups is 1. The molecule has 4 rings (SSSR count). The molecule has 1 aromatic rings. The molecule has 7 nitrogen and oxygen atoms in total. The molecule has 1 aliphatic carbocycles. The molecule has 3 atom stereocenters. The van der Waals surface area contributed by atoms with Crippen molar-refractivity contribution in [2.75, 3.05) is 39.8 Å². The Morgan fingerprint density at radius 3 is 2.52 bits per heavy atom. The van der Waals surface area contributed by atoms with Gasteiger partial charge in [-0.1, -0.05) is 30.3 Å². The molecule has 1 N–H and O–H groups in total. The van der Waals surface area contributed by atoms with E-state index in [4.69, 9.17) is 0 Å². The number of nitrogens with one attached hydrogen (secondary N) is 1. The van der Waals surface area contributed by atoms with Crippen LogP contribution in [-0.4, -0.2) is 78.4 Å². The lowest BCUT2D eigenvalue weighted by Gasteiger charge is -2.43. The Hall–Kier alpha value is -2.41. The van der Waals surface area contributed by atoms with Gasteiger partial charge in [0.15, 0.2) is 0 Å². The first kappa shape index (κ1) is 19.9. The van der Waals surface area contributed by atoms with E-state index in [0.29, 0.717) is 25.8 Å². The molecule has 3 aliphatic rings. The second-order valence-corrected chi connectivity index (χ2v) is 8.53. The van der Waals surface area contributed by atoms with Gasteiger partial charge >= 0.3 is 6.03 Å². The first-order chi connectivity index (χ1) is 14.0. The van der Waals surface area contributed by atoms with Gasteiger partial charge in [0.2, 0.25) is 11.8 Å². The zero-order valence-corrected chi connectivity index (χ0v) is 17.0. The number of rotatable bonds is 4. The summed E-state index contributed by atoms with van der Waals surface area (Å²) in [6.45, 7) is 3.71. The maximum Gasteiger partial charge on any atom is 0.324 e. The zero-order valence-electron chi connectivity index (χ0n) is 17.0. The molecule has 3 fully saturated rings. The van der Waals surface area contributed by atoms with Crippen LogP contribution < -0.4 is 5.32 Å². The van der Waals surface area contributed by atoms with E-state index >= 15 is 0 Å². The molecule has 1 saturated carbocycles. The van der Waals surface area contributed by atoms with Crippen LogP contribution in [0.3, 0.4) is 0 Å². The van der Waals surface area contributed by atoms with Gasteiger partial charge in [0.25, 0.3) is 0 Å². The molecule has 1 aromatic carbocycles. The highest BCUT2D eigenvalue weighted by molar-refractivity contribution is 5.99. The van der Waals surface area contributed by atoms with Gasteiger partial charge in [0, 0.05) is 44.7 Å². The predicted molar refractivity (Wildman–Crippen MR) is 109 cm³/mol. The number of likely N-dealkylation sites (N-methyl/N-ethyl adjacent to an activating group) is 1. The smallest absolute Gasteiger partial charge is 0.324 e. The van der Waals surface area contributed by atoms with E-state index in [-0.39, 0.29) is 35.7 Å². The van der Waals surface area contributed by atoms with Crippen molar-refractivity contribution in [2.24, 2.45) is 11.8 Å². The van der Waals surface area contributed by atoms with Gasteiger partial charge in [0.1, 0.15) is 0 Å². The summed E-state index contributed by atoms with van der Waals surface area (Å²) in [4.78, 5) is 44.0. The lowest BCUT2D eigenvalue weighted by molar-refractivity contribution is -0.143. The number of carbonyl (C=O) groups is 3. The molecule has 7 heteroatoms. The fourth-order valence-electron chi connectivity index (χ4n) is 4.77. The molecule has 29 heavy (non-hydrogen) atoms. The van der Waals surface area contributed by atoms with Crippen LogP contribution in [0, 0.1) is 11.8 Å². The lowest BCUT2D eigenvalue weighted by atomic mass is 9.76. The summed E-state index contributed by atoms with van der Waals surface area (Å²) in [6, 6.07) is 9.34. The van der Waals surface area contributed by atoms with Crippen molar-refractivity contribution in [1.82, 2.24) is 20.0 Å². The van der Waals surface area contributed by atoms with Crippen molar-refractivity contribution >= 4 is 17.8 Å². The fourth-order valence-corrected chi connectivity index (χ4v) is 4.77. The largest absolute Gasteiger partial charge is 0.340 e. The van der Waals surface area contributed by atoms with Crippen molar-refractivity contribution < 1.29 is 14.4 Å². The van der Waals surface area contributed by atoms with Gasteiger partial charge in [-0.3, -0.25) is 14.5 Å². The van der Waals surface area contributed by atoms with Crippen molar-refractivity contribution in [3.8, 4) is 0 Å². The van der Waals surface area contributed by atoms with Gasteiger partial charge in [-0.05, 0) is 38.3 Å². The van der Waals surface area contributed by atoms with Crippen molar-refractivity contribution in [1.29, 1.82) is 0 Å². The number of amides is 4. The summed E-state index contributed by atoms with van der Waals surface area (Å²) >= 11 is 0. The third kappa shape index (κ3) is 4.29. The van der Waals surface area contributed by atoms with Gasteiger partial charge in [-0.25, -0.2) is 4.79 Å². The van der Waals surface area contributed by atoms with Gasteiger partial charge in [-0.15, -0.1) is 0 Å². The van der Waals surface area contributed by atoms with Crippen LogP contribution in [0.5, 0.6) is 0 Å². The van der Waals surface area contributed by atoms with Gasteiger partial charge in [0.05, 0.1) is 5.92 Å². The maximum absolute atomic E-state index is 13.0. The van der Waals surface area contributed by atoms with Gasteiger partial charge < -0.3 is 15.1 Å². The van der Waals surface area contributed by atoms with Gasteiger partial charge in [-0.2, -0.15) is 0 Å². The Morgan fingerprint density at radius 2 is 1.79 bits per heavy atom. The molecule has 2 heterocycles. The second kappa shape index (κ2) is 8.53. The van der Waals surface area contributed by atoms with Crippen LogP contribution in [0.25, 0.3) is 0 Å². The lowest BCUT2D eigenvalue weighted by Crippen LogP contribution is -2.62. The van der Waals surface area contributed by atoms with Crippen LogP contribution in [-0.2, 0) is 16.0 Å². The van der Waals surface area contributed by atoms with Crippen LogP contribution >= 0.6 is 0 Å². The minimum atomic E-state index is -0.320. The summed E-state index contributed by atoms with van der Waals surface area (Å²) in [7, 11) is 2.07. The number of piperazine rings is 1. The molecule has 0 bridgehead atoms. The van der Waals surface area contributed by atoms with Crippen LogP contribution in [0.4, 0.5) is 4.79 Å². The summed E-state index contributed by atoms with van der Waals surface area (Å²) in [5.74, 6) is -0.200. The predicted octanol–water partition coefficient (Wildman–Crippen LogP) is 1.34. The van der Waals surface area contributed by atoms with E-state index in [1.54, 1.807) is 0 Å². The molecule has 0 radical (unpaired) electrons. The molecule has 2 aliphatic heterocycles. The van der Waals surface area contributed by atoms with E-state index in [9.17, 15) is 14.4 Å². The summed E-state index contributed by atoms with van der Waals surface area (Å²) < 4.78 is 0.